The van der Waals surface area contributed by atoms with Crippen LogP contribution in [-0.4, -0.2) is 20.0 Å². The number of H-pyrrole nitrogens is 2. The molecule has 2 aromatic heterocycles. The van der Waals surface area contributed by atoms with Crippen LogP contribution in [0.1, 0.15) is 41.1 Å². The fraction of sp³-hybridized carbons (Fsp3) is 0.250. The second-order valence-electron chi connectivity index (χ2n) is 8.26. The zero-order valence-corrected chi connectivity index (χ0v) is 17.4. The van der Waals surface area contributed by atoms with Gasteiger partial charge in [-0.1, -0.05) is 24.3 Å². The Morgan fingerprint density at radius 2 is 1.70 bits per heavy atom. The number of benzene rings is 2. The molecule has 5 nitrogen and oxygen atoms in total. The summed E-state index contributed by atoms with van der Waals surface area (Å²) in [5.41, 5.74) is 2.05. The Labute approximate surface area is 186 Å². The van der Waals surface area contributed by atoms with Gasteiger partial charge in [-0.3, -0.25) is 15.0 Å². The standard InChI is InChI=1S/C24H20F4N4O/c25-18-10-1-14(2-11-18)3-12-19-22(16-6-8-17(9-7-16)24(26,27)28)31-32(23(19)33)21-13-20(29-30-21)15-4-5-15/h1-2,6-11,13,15,31H,3-5,12H2,(H,29,30). The predicted octanol–water partition coefficient (Wildman–Crippen LogP) is 5.38. The highest BCUT2D eigenvalue weighted by Crippen LogP contribution is 2.39. The molecule has 0 atom stereocenters. The molecule has 33 heavy (non-hydrogen) atoms. The minimum atomic E-state index is -4.45. The molecule has 2 aromatic carbocycles. The van der Waals surface area contributed by atoms with Crippen LogP contribution in [0, 0.1) is 5.82 Å². The fourth-order valence-electron chi connectivity index (χ4n) is 3.89. The Kier molecular flexibility index (Phi) is 5.19. The first-order valence-corrected chi connectivity index (χ1v) is 10.6. The number of aryl methyl sites for hydroxylation is 1. The number of alkyl halides is 3. The molecule has 1 saturated carbocycles. The summed E-state index contributed by atoms with van der Waals surface area (Å²) in [5.74, 6) is 0.477. The van der Waals surface area contributed by atoms with Crippen molar-refractivity contribution >= 4 is 0 Å². The molecular formula is C24H20F4N4O. The van der Waals surface area contributed by atoms with E-state index in [9.17, 15) is 22.4 Å². The third-order valence-electron chi connectivity index (χ3n) is 5.89. The number of halogens is 4. The lowest BCUT2D eigenvalue weighted by Crippen LogP contribution is -2.18. The maximum absolute atomic E-state index is 13.3. The summed E-state index contributed by atoms with van der Waals surface area (Å²) < 4.78 is 53.5. The molecule has 2 heterocycles. The summed E-state index contributed by atoms with van der Waals surface area (Å²) in [5, 5.41) is 10.2. The molecule has 0 aliphatic heterocycles. The molecule has 0 saturated heterocycles. The number of nitrogens with zero attached hydrogens (tertiary/aromatic N) is 2. The van der Waals surface area contributed by atoms with Gasteiger partial charge in [0.25, 0.3) is 5.56 Å². The van der Waals surface area contributed by atoms with Gasteiger partial charge in [0.2, 0.25) is 0 Å². The van der Waals surface area contributed by atoms with Gasteiger partial charge in [-0.25, -0.2) is 4.39 Å². The van der Waals surface area contributed by atoms with Crippen molar-refractivity contribution in [3.05, 3.63) is 93.2 Å². The lowest BCUT2D eigenvalue weighted by Gasteiger charge is -2.08. The highest BCUT2D eigenvalue weighted by atomic mass is 19.4. The quantitative estimate of drug-likeness (QED) is 0.383. The number of rotatable bonds is 6. The summed E-state index contributed by atoms with van der Waals surface area (Å²) in [7, 11) is 0. The average Bonchev–Trinajstić information content (AvgIpc) is 3.44. The molecule has 5 rings (SSSR count). The molecular weight excluding hydrogens is 436 g/mol. The van der Waals surface area contributed by atoms with E-state index in [-0.39, 0.29) is 11.4 Å². The first-order chi connectivity index (χ1) is 15.8. The average molecular weight is 456 g/mol. The molecule has 1 aliphatic rings. The number of nitrogens with one attached hydrogen (secondary N) is 2. The third-order valence-corrected chi connectivity index (χ3v) is 5.89. The predicted molar refractivity (Wildman–Crippen MR) is 115 cm³/mol. The zero-order valence-electron chi connectivity index (χ0n) is 17.4. The molecule has 0 bridgehead atoms. The second kappa shape index (κ2) is 8.06. The van der Waals surface area contributed by atoms with Gasteiger partial charge in [0, 0.05) is 23.2 Å². The number of hydrogen-bond acceptors (Lipinski definition) is 2. The van der Waals surface area contributed by atoms with Gasteiger partial charge >= 0.3 is 6.18 Å². The van der Waals surface area contributed by atoms with E-state index >= 15 is 0 Å². The minimum Gasteiger partial charge on any atom is -0.289 e. The van der Waals surface area contributed by atoms with Gasteiger partial charge in [-0.2, -0.15) is 23.0 Å². The first-order valence-electron chi connectivity index (χ1n) is 10.6. The first kappa shape index (κ1) is 21.2. The van der Waals surface area contributed by atoms with Gasteiger partial charge in [0.05, 0.1) is 11.3 Å². The van der Waals surface area contributed by atoms with Crippen LogP contribution in [0.15, 0.2) is 59.4 Å². The topological polar surface area (TPSA) is 66.5 Å². The van der Waals surface area contributed by atoms with E-state index in [4.69, 9.17) is 0 Å². The van der Waals surface area contributed by atoms with Crippen molar-refractivity contribution in [3.63, 3.8) is 0 Å². The van der Waals surface area contributed by atoms with Gasteiger partial charge < -0.3 is 0 Å². The molecule has 1 fully saturated rings. The Morgan fingerprint density at radius 1 is 1.00 bits per heavy atom. The highest BCUT2D eigenvalue weighted by molar-refractivity contribution is 5.63. The molecule has 9 heteroatoms. The van der Waals surface area contributed by atoms with Crippen LogP contribution in [0.4, 0.5) is 17.6 Å². The molecule has 1 aliphatic carbocycles. The summed E-state index contributed by atoms with van der Waals surface area (Å²) in [6.45, 7) is 0. The SMILES string of the molecule is O=c1c(CCc2ccc(F)cc2)c(-c2ccc(C(F)(F)F)cc2)[nH]n1-c1cc(C2CC2)[nH]n1. The van der Waals surface area contributed by atoms with Gasteiger partial charge in [-0.15, -0.1) is 0 Å². The van der Waals surface area contributed by atoms with Crippen LogP contribution in [0.5, 0.6) is 0 Å². The fourth-order valence-corrected chi connectivity index (χ4v) is 3.89. The molecule has 0 amide bonds. The van der Waals surface area contributed by atoms with Crippen LogP contribution < -0.4 is 5.56 Å². The highest BCUT2D eigenvalue weighted by Gasteiger charge is 2.30. The van der Waals surface area contributed by atoms with Crippen molar-refractivity contribution in [2.24, 2.45) is 0 Å². The normalized spacial score (nSPS) is 14.1. The zero-order chi connectivity index (χ0) is 23.2. The van der Waals surface area contributed by atoms with Crippen molar-refractivity contribution in [3.8, 4) is 17.1 Å². The summed E-state index contributed by atoms with van der Waals surface area (Å²) in [6.07, 6.45) is -1.52. The summed E-state index contributed by atoms with van der Waals surface area (Å²) >= 11 is 0. The van der Waals surface area contributed by atoms with Crippen molar-refractivity contribution < 1.29 is 17.6 Å². The summed E-state index contributed by atoms with van der Waals surface area (Å²) in [4.78, 5) is 13.3. The van der Waals surface area contributed by atoms with Gasteiger partial charge in [0.15, 0.2) is 5.82 Å². The van der Waals surface area contributed by atoms with E-state index in [1.165, 1.54) is 28.9 Å². The van der Waals surface area contributed by atoms with Gasteiger partial charge in [0.1, 0.15) is 5.82 Å². The van der Waals surface area contributed by atoms with E-state index in [0.717, 1.165) is 36.2 Å². The molecule has 0 spiro atoms. The Bertz CT molecular complexity index is 1330. The lowest BCUT2D eigenvalue weighted by atomic mass is 10.0. The van der Waals surface area contributed by atoms with Crippen LogP contribution >= 0.6 is 0 Å². The maximum atomic E-state index is 13.3. The Morgan fingerprint density at radius 3 is 2.33 bits per heavy atom. The van der Waals surface area contributed by atoms with Crippen molar-refractivity contribution in [1.29, 1.82) is 0 Å². The monoisotopic (exact) mass is 456 g/mol. The van der Waals surface area contributed by atoms with E-state index in [2.05, 4.69) is 15.3 Å². The molecule has 0 unspecified atom stereocenters. The second-order valence-corrected chi connectivity index (χ2v) is 8.26. The Balaban J connectivity index is 1.53. The van der Waals surface area contributed by atoms with Crippen LogP contribution in [0.25, 0.3) is 17.1 Å². The van der Waals surface area contributed by atoms with E-state index in [1.54, 1.807) is 12.1 Å². The van der Waals surface area contributed by atoms with Crippen LogP contribution in [0.3, 0.4) is 0 Å². The Hall–Kier alpha value is -3.62. The van der Waals surface area contributed by atoms with Gasteiger partial charge in [-0.05, 0) is 61.1 Å². The number of aromatic amines is 2. The largest absolute Gasteiger partial charge is 0.416 e. The van der Waals surface area contributed by atoms with Crippen molar-refractivity contribution in [2.45, 2.75) is 37.8 Å². The minimum absolute atomic E-state index is 0.319. The van der Waals surface area contributed by atoms with E-state index in [1.807, 2.05) is 6.07 Å². The third kappa shape index (κ3) is 4.35. The smallest absolute Gasteiger partial charge is 0.289 e. The molecule has 170 valence electrons. The molecule has 2 N–H and O–H groups in total. The number of aromatic nitrogens is 4. The molecule has 4 aromatic rings. The van der Waals surface area contributed by atoms with E-state index < -0.39 is 11.7 Å². The lowest BCUT2D eigenvalue weighted by molar-refractivity contribution is -0.137. The van der Waals surface area contributed by atoms with Crippen molar-refractivity contribution in [2.75, 3.05) is 0 Å². The van der Waals surface area contributed by atoms with Crippen LogP contribution in [0.2, 0.25) is 0 Å². The van der Waals surface area contributed by atoms with Crippen molar-refractivity contribution in [1.82, 2.24) is 20.0 Å². The van der Waals surface area contributed by atoms with Crippen LogP contribution in [-0.2, 0) is 19.0 Å². The molecule has 0 radical (unpaired) electrons. The summed E-state index contributed by atoms with van der Waals surface area (Å²) in [6, 6.07) is 12.5. The number of hydrogen-bond donors (Lipinski definition) is 2. The maximum Gasteiger partial charge on any atom is 0.416 e. The van der Waals surface area contributed by atoms with E-state index in [0.29, 0.717) is 41.4 Å².